The maximum absolute atomic E-state index is 9.08. The fraction of sp³-hybridized carbons (Fsp3) is 0.647. The number of β-amino-alcohol motifs (C(OH)–C–C–N with tert-alkyl or cyclic N) is 1. The summed E-state index contributed by atoms with van der Waals surface area (Å²) in [6.07, 6.45) is 2.60. The van der Waals surface area contributed by atoms with Crippen molar-refractivity contribution in [2.45, 2.75) is 26.3 Å². The SMILES string of the molecule is CCN(Cc1ccccc1)C[C@@H]1CCCN(CCO)C1. The molecule has 0 saturated carbocycles. The highest BCUT2D eigenvalue weighted by atomic mass is 16.3. The molecule has 0 amide bonds. The summed E-state index contributed by atoms with van der Waals surface area (Å²) < 4.78 is 0. The van der Waals surface area contributed by atoms with E-state index < -0.39 is 0 Å². The van der Waals surface area contributed by atoms with Gasteiger partial charge >= 0.3 is 0 Å². The highest BCUT2D eigenvalue weighted by molar-refractivity contribution is 5.14. The monoisotopic (exact) mass is 276 g/mol. The normalized spacial score (nSPS) is 20.4. The van der Waals surface area contributed by atoms with Crippen molar-refractivity contribution in [3.05, 3.63) is 35.9 Å². The van der Waals surface area contributed by atoms with Crippen LogP contribution >= 0.6 is 0 Å². The minimum absolute atomic E-state index is 0.286. The number of rotatable bonds is 7. The number of hydrogen-bond donors (Lipinski definition) is 1. The van der Waals surface area contributed by atoms with E-state index in [4.69, 9.17) is 5.11 Å². The third-order valence-electron chi connectivity index (χ3n) is 4.23. The number of benzene rings is 1. The highest BCUT2D eigenvalue weighted by Crippen LogP contribution is 2.18. The van der Waals surface area contributed by atoms with Crippen LogP contribution in [0.2, 0.25) is 0 Å². The summed E-state index contributed by atoms with van der Waals surface area (Å²) in [4.78, 5) is 4.95. The number of piperidine rings is 1. The Balaban J connectivity index is 1.83. The van der Waals surface area contributed by atoms with Gasteiger partial charge in [0, 0.05) is 26.2 Å². The predicted molar refractivity (Wildman–Crippen MR) is 83.6 cm³/mol. The van der Waals surface area contributed by atoms with Gasteiger partial charge < -0.3 is 10.0 Å². The van der Waals surface area contributed by atoms with E-state index in [0.717, 1.165) is 38.6 Å². The molecule has 112 valence electrons. The molecule has 0 aromatic heterocycles. The summed E-state index contributed by atoms with van der Waals surface area (Å²) >= 11 is 0. The number of aliphatic hydroxyl groups excluding tert-OH is 1. The summed E-state index contributed by atoms with van der Waals surface area (Å²) in [5.74, 6) is 0.749. The Bertz CT molecular complexity index is 367. The number of likely N-dealkylation sites (tertiary alicyclic amines) is 1. The molecule has 1 aromatic rings. The lowest BCUT2D eigenvalue weighted by Gasteiger charge is -2.35. The second-order valence-corrected chi connectivity index (χ2v) is 5.85. The first-order valence-electron chi connectivity index (χ1n) is 7.91. The second-order valence-electron chi connectivity index (χ2n) is 5.85. The van der Waals surface area contributed by atoms with E-state index >= 15 is 0 Å². The first kappa shape index (κ1) is 15.5. The molecule has 1 saturated heterocycles. The van der Waals surface area contributed by atoms with Crippen LogP contribution in [0.4, 0.5) is 0 Å². The standard InChI is InChI=1S/C17H28N2O/c1-2-18(13-16-7-4-3-5-8-16)14-17-9-6-10-19(15-17)11-12-20/h3-5,7-8,17,20H,2,6,9-15H2,1H3/t17-/m0/s1. The quantitative estimate of drug-likeness (QED) is 0.827. The third kappa shape index (κ3) is 4.89. The Morgan fingerprint density at radius 3 is 2.80 bits per heavy atom. The summed E-state index contributed by atoms with van der Waals surface area (Å²) in [6.45, 7) is 8.99. The first-order chi connectivity index (χ1) is 9.81. The Labute approximate surface area is 123 Å². The second kappa shape index (κ2) is 8.40. The molecule has 0 bridgehead atoms. The highest BCUT2D eigenvalue weighted by Gasteiger charge is 2.21. The first-order valence-corrected chi connectivity index (χ1v) is 7.91. The van der Waals surface area contributed by atoms with Crippen molar-refractivity contribution in [3.63, 3.8) is 0 Å². The number of nitrogens with zero attached hydrogens (tertiary/aromatic N) is 2. The topological polar surface area (TPSA) is 26.7 Å². The molecule has 0 spiro atoms. The predicted octanol–water partition coefficient (Wildman–Crippen LogP) is 2.21. The van der Waals surface area contributed by atoms with Gasteiger partial charge in [0.25, 0.3) is 0 Å². The Kier molecular flexibility index (Phi) is 6.51. The fourth-order valence-electron chi connectivity index (χ4n) is 3.16. The van der Waals surface area contributed by atoms with Crippen LogP contribution in [0.25, 0.3) is 0 Å². The van der Waals surface area contributed by atoms with Gasteiger partial charge in [-0.2, -0.15) is 0 Å². The van der Waals surface area contributed by atoms with Gasteiger partial charge in [-0.15, -0.1) is 0 Å². The van der Waals surface area contributed by atoms with E-state index in [1.807, 2.05) is 0 Å². The molecule has 1 heterocycles. The molecule has 1 aliphatic rings. The average Bonchev–Trinajstić information content (AvgIpc) is 2.48. The lowest BCUT2D eigenvalue weighted by Crippen LogP contribution is -2.41. The van der Waals surface area contributed by atoms with E-state index in [1.165, 1.54) is 24.9 Å². The van der Waals surface area contributed by atoms with Crippen molar-refractivity contribution >= 4 is 0 Å². The zero-order valence-electron chi connectivity index (χ0n) is 12.7. The minimum Gasteiger partial charge on any atom is -0.395 e. The van der Waals surface area contributed by atoms with E-state index in [9.17, 15) is 0 Å². The summed E-state index contributed by atoms with van der Waals surface area (Å²) in [7, 11) is 0. The molecule has 1 aromatic carbocycles. The molecular formula is C17H28N2O. The largest absolute Gasteiger partial charge is 0.395 e. The molecule has 20 heavy (non-hydrogen) atoms. The number of hydrogen-bond acceptors (Lipinski definition) is 3. The zero-order chi connectivity index (χ0) is 14.2. The third-order valence-corrected chi connectivity index (χ3v) is 4.23. The molecule has 1 atom stereocenters. The van der Waals surface area contributed by atoms with Gasteiger partial charge in [-0.05, 0) is 37.4 Å². The van der Waals surface area contributed by atoms with Gasteiger partial charge in [0.15, 0.2) is 0 Å². The van der Waals surface area contributed by atoms with Crippen LogP contribution in [-0.2, 0) is 6.54 Å². The maximum Gasteiger partial charge on any atom is 0.0558 e. The molecule has 3 nitrogen and oxygen atoms in total. The smallest absolute Gasteiger partial charge is 0.0558 e. The summed E-state index contributed by atoms with van der Waals surface area (Å²) in [5.41, 5.74) is 1.40. The summed E-state index contributed by atoms with van der Waals surface area (Å²) in [5, 5.41) is 9.08. The van der Waals surface area contributed by atoms with Crippen LogP contribution in [0.3, 0.4) is 0 Å². The van der Waals surface area contributed by atoms with Gasteiger partial charge in [0.2, 0.25) is 0 Å². The van der Waals surface area contributed by atoms with Gasteiger partial charge in [-0.1, -0.05) is 37.3 Å². The van der Waals surface area contributed by atoms with Crippen molar-refractivity contribution in [1.82, 2.24) is 9.80 Å². The zero-order valence-corrected chi connectivity index (χ0v) is 12.7. The summed E-state index contributed by atoms with van der Waals surface area (Å²) in [6, 6.07) is 10.7. The Morgan fingerprint density at radius 1 is 1.30 bits per heavy atom. The van der Waals surface area contributed by atoms with E-state index in [-0.39, 0.29) is 6.61 Å². The van der Waals surface area contributed by atoms with Crippen molar-refractivity contribution in [2.24, 2.45) is 5.92 Å². The fourth-order valence-corrected chi connectivity index (χ4v) is 3.16. The Hall–Kier alpha value is -0.900. The van der Waals surface area contributed by atoms with Crippen LogP contribution in [-0.4, -0.2) is 54.2 Å². The number of aliphatic hydroxyl groups is 1. The molecule has 0 unspecified atom stereocenters. The van der Waals surface area contributed by atoms with Gasteiger partial charge in [-0.25, -0.2) is 0 Å². The molecule has 2 rings (SSSR count). The molecule has 0 aliphatic carbocycles. The van der Waals surface area contributed by atoms with Gasteiger partial charge in [-0.3, -0.25) is 4.90 Å². The van der Waals surface area contributed by atoms with E-state index in [1.54, 1.807) is 0 Å². The van der Waals surface area contributed by atoms with Crippen LogP contribution < -0.4 is 0 Å². The van der Waals surface area contributed by atoms with Gasteiger partial charge in [0.1, 0.15) is 0 Å². The van der Waals surface area contributed by atoms with Crippen molar-refractivity contribution in [3.8, 4) is 0 Å². The lowest BCUT2D eigenvalue weighted by molar-refractivity contribution is 0.113. The average molecular weight is 276 g/mol. The van der Waals surface area contributed by atoms with Crippen molar-refractivity contribution in [2.75, 3.05) is 39.3 Å². The minimum atomic E-state index is 0.286. The van der Waals surface area contributed by atoms with Crippen LogP contribution in [0.1, 0.15) is 25.3 Å². The maximum atomic E-state index is 9.08. The molecule has 1 fully saturated rings. The lowest BCUT2D eigenvalue weighted by atomic mass is 9.97. The Morgan fingerprint density at radius 2 is 2.10 bits per heavy atom. The molecule has 1 N–H and O–H groups in total. The molecule has 1 aliphatic heterocycles. The van der Waals surface area contributed by atoms with E-state index in [2.05, 4.69) is 47.1 Å². The van der Waals surface area contributed by atoms with Crippen molar-refractivity contribution in [1.29, 1.82) is 0 Å². The molecule has 0 radical (unpaired) electrons. The van der Waals surface area contributed by atoms with E-state index in [0.29, 0.717) is 0 Å². The van der Waals surface area contributed by atoms with Crippen molar-refractivity contribution < 1.29 is 5.11 Å². The molecule has 3 heteroatoms. The van der Waals surface area contributed by atoms with Crippen LogP contribution in [0.5, 0.6) is 0 Å². The molecular weight excluding hydrogens is 248 g/mol. The van der Waals surface area contributed by atoms with Crippen LogP contribution in [0, 0.1) is 5.92 Å². The van der Waals surface area contributed by atoms with Crippen LogP contribution in [0.15, 0.2) is 30.3 Å². The van der Waals surface area contributed by atoms with Gasteiger partial charge in [0.05, 0.1) is 6.61 Å².